The van der Waals surface area contributed by atoms with Crippen molar-refractivity contribution < 1.29 is 27.2 Å². The van der Waals surface area contributed by atoms with Gasteiger partial charge in [0.05, 0.1) is 6.10 Å². The summed E-state index contributed by atoms with van der Waals surface area (Å²) in [5, 5.41) is 8.52. The summed E-state index contributed by atoms with van der Waals surface area (Å²) in [6.45, 7) is 8.74. The molecule has 162 valence electrons. The Balaban J connectivity index is 0.000000668. The molecule has 0 aliphatic heterocycles. The van der Waals surface area contributed by atoms with Gasteiger partial charge in [0.25, 0.3) is 0 Å². The van der Waals surface area contributed by atoms with Crippen molar-refractivity contribution in [1.29, 1.82) is 0 Å². The predicted molar refractivity (Wildman–Crippen MR) is 110 cm³/mol. The molecule has 0 fully saturated rings. The summed E-state index contributed by atoms with van der Waals surface area (Å²) in [4.78, 5) is 10.9. The molecule has 28 heavy (non-hydrogen) atoms. The van der Waals surface area contributed by atoms with Gasteiger partial charge in [-0.2, -0.15) is 8.42 Å². The molecule has 1 aromatic rings. The minimum atomic E-state index is -4.21. The monoisotopic (exact) mass is 418 g/mol. The molecule has 0 amide bonds. The zero-order valence-electron chi connectivity index (χ0n) is 17.5. The quantitative estimate of drug-likeness (QED) is 0.442. The van der Waals surface area contributed by atoms with Gasteiger partial charge < -0.3 is 19.8 Å². The van der Waals surface area contributed by atoms with Crippen LogP contribution < -0.4 is 5.73 Å². The first-order chi connectivity index (χ1) is 13.1. The Morgan fingerprint density at radius 1 is 1.25 bits per heavy atom. The molecule has 0 radical (unpaired) electrons. The summed E-state index contributed by atoms with van der Waals surface area (Å²) in [6.07, 6.45) is 2.08. The third-order valence-electron chi connectivity index (χ3n) is 4.02. The van der Waals surface area contributed by atoms with Crippen molar-refractivity contribution in [3.05, 3.63) is 29.3 Å². The number of ether oxygens (including phenoxy) is 1. The number of nitrogen functional groups attached to an aromatic ring is 1. The van der Waals surface area contributed by atoms with Crippen LogP contribution >= 0.6 is 0 Å². The first-order valence-electron chi connectivity index (χ1n) is 9.35. The van der Waals surface area contributed by atoms with Crippen LogP contribution in [0.2, 0.25) is 0 Å². The molecule has 0 aromatic heterocycles. The number of aliphatic hydroxyl groups excluding tert-OH is 1. The van der Waals surface area contributed by atoms with Gasteiger partial charge in [0.15, 0.2) is 0 Å². The summed E-state index contributed by atoms with van der Waals surface area (Å²) in [5.74, 6) is -1.20. The van der Waals surface area contributed by atoms with Gasteiger partial charge in [-0.25, -0.2) is 4.79 Å². The average Bonchev–Trinajstić information content (AvgIpc) is 2.65. The Labute approximate surface area is 168 Å². The van der Waals surface area contributed by atoms with Crippen LogP contribution in [0.3, 0.4) is 0 Å². The number of hydrogen-bond acceptors (Lipinski definition) is 7. The third-order valence-corrected chi connectivity index (χ3v) is 5.34. The van der Waals surface area contributed by atoms with E-state index in [1.165, 1.54) is 0 Å². The second-order valence-corrected chi connectivity index (χ2v) is 7.96. The molecule has 0 saturated heterocycles. The van der Waals surface area contributed by atoms with Crippen LogP contribution in [0.4, 0.5) is 5.69 Å². The first kappa shape index (κ1) is 26.3. The zero-order chi connectivity index (χ0) is 21.7. The second kappa shape index (κ2) is 13.5. The Morgan fingerprint density at radius 3 is 2.25 bits per heavy atom. The van der Waals surface area contributed by atoms with E-state index in [0.717, 1.165) is 34.0 Å². The molecule has 0 spiro atoms. The molecule has 9 heteroatoms. The highest BCUT2D eigenvalue weighted by Gasteiger charge is 2.26. The standard InChI is InChI=1S/C11H23NO6S.C8H11N/c1-4-6-7-12(9-17-10(3)5-2)19(15,16)18-11(14)8-13;1-6-4-3-5-7(2)8(6)9/h10,13H,4-9H2,1-3H3;3-5H,9H2,1-2H3. The first-order valence-corrected chi connectivity index (χ1v) is 10.7. The van der Waals surface area contributed by atoms with Crippen molar-refractivity contribution >= 4 is 22.0 Å². The number of aliphatic hydroxyl groups is 1. The van der Waals surface area contributed by atoms with Gasteiger partial charge >= 0.3 is 16.3 Å². The van der Waals surface area contributed by atoms with Crippen LogP contribution in [0.25, 0.3) is 0 Å². The van der Waals surface area contributed by atoms with E-state index >= 15 is 0 Å². The van der Waals surface area contributed by atoms with E-state index in [4.69, 9.17) is 15.6 Å². The van der Waals surface area contributed by atoms with E-state index in [9.17, 15) is 13.2 Å². The van der Waals surface area contributed by atoms with Crippen molar-refractivity contribution in [2.45, 2.75) is 60.0 Å². The Morgan fingerprint density at radius 2 is 1.82 bits per heavy atom. The number of aryl methyl sites for hydroxylation is 2. The van der Waals surface area contributed by atoms with Crippen molar-refractivity contribution in [1.82, 2.24) is 4.31 Å². The van der Waals surface area contributed by atoms with Crippen molar-refractivity contribution in [3.8, 4) is 0 Å². The van der Waals surface area contributed by atoms with Crippen LogP contribution in [0.1, 0.15) is 51.2 Å². The number of nitrogens with two attached hydrogens (primary N) is 1. The summed E-state index contributed by atoms with van der Waals surface area (Å²) >= 11 is 0. The van der Waals surface area contributed by atoms with Crippen molar-refractivity contribution in [2.24, 2.45) is 0 Å². The number of para-hydroxylation sites is 1. The maximum absolute atomic E-state index is 11.8. The number of anilines is 1. The highest BCUT2D eigenvalue weighted by Crippen LogP contribution is 2.14. The number of carbonyl (C=O) groups is 1. The predicted octanol–water partition coefficient (Wildman–Crippen LogP) is 2.53. The Bertz CT molecular complexity index is 673. The fourth-order valence-corrected chi connectivity index (χ4v) is 2.86. The Kier molecular flexibility index (Phi) is 12.7. The van der Waals surface area contributed by atoms with E-state index in [0.29, 0.717) is 6.42 Å². The molecule has 1 aromatic carbocycles. The third kappa shape index (κ3) is 10.0. The lowest BCUT2D eigenvalue weighted by Crippen LogP contribution is -2.38. The van der Waals surface area contributed by atoms with Crippen LogP contribution in [-0.2, 0) is 24.0 Å². The molecule has 3 N–H and O–H groups in total. The number of rotatable bonds is 10. The summed E-state index contributed by atoms with van der Waals surface area (Å²) in [6, 6.07) is 6.05. The highest BCUT2D eigenvalue weighted by atomic mass is 32.2. The topological polar surface area (TPSA) is 119 Å². The van der Waals surface area contributed by atoms with Crippen LogP contribution in [0.5, 0.6) is 0 Å². The smallest absolute Gasteiger partial charge is 0.389 e. The summed E-state index contributed by atoms with van der Waals surface area (Å²) in [5.41, 5.74) is 8.92. The maximum atomic E-state index is 11.8. The van der Waals surface area contributed by atoms with Gasteiger partial charge in [-0.05, 0) is 44.7 Å². The number of nitrogens with zero attached hydrogens (tertiary/aromatic N) is 1. The van der Waals surface area contributed by atoms with Gasteiger partial charge in [0, 0.05) is 12.2 Å². The van der Waals surface area contributed by atoms with Gasteiger partial charge in [0.2, 0.25) is 0 Å². The van der Waals surface area contributed by atoms with E-state index in [2.05, 4.69) is 4.18 Å². The molecule has 1 rings (SSSR count). The minimum absolute atomic E-state index is 0.0899. The van der Waals surface area contributed by atoms with Crippen molar-refractivity contribution in [3.63, 3.8) is 0 Å². The van der Waals surface area contributed by atoms with Gasteiger partial charge in [-0.3, -0.25) is 0 Å². The molecule has 8 nitrogen and oxygen atoms in total. The van der Waals surface area contributed by atoms with Crippen LogP contribution in [-0.4, -0.2) is 49.8 Å². The van der Waals surface area contributed by atoms with E-state index in [1.807, 2.05) is 52.8 Å². The highest BCUT2D eigenvalue weighted by molar-refractivity contribution is 7.84. The fourth-order valence-electron chi connectivity index (χ4n) is 1.93. The van der Waals surface area contributed by atoms with Crippen molar-refractivity contribution in [2.75, 3.05) is 25.6 Å². The van der Waals surface area contributed by atoms with Gasteiger partial charge in [-0.1, -0.05) is 38.5 Å². The SMILES string of the molecule is CCCCN(COC(C)CC)S(=O)(=O)OC(=O)CO.Cc1cccc(C)c1N. The van der Waals surface area contributed by atoms with E-state index in [-0.39, 0.29) is 19.4 Å². The average molecular weight is 419 g/mol. The molecule has 1 unspecified atom stereocenters. The maximum Gasteiger partial charge on any atom is 0.389 e. The number of hydrogen-bond donors (Lipinski definition) is 2. The molecular formula is C19H34N2O6S. The molecule has 0 bridgehead atoms. The lowest BCUT2D eigenvalue weighted by atomic mass is 10.1. The lowest BCUT2D eigenvalue weighted by molar-refractivity contribution is -0.137. The summed E-state index contributed by atoms with van der Waals surface area (Å²) < 4.78 is 34.1. The van der Waals surface area contributed by atoms with E-state index in [1.54, 1.807) is 0 Å². The van der Waals surface area contributed by atoms with Gasteiger partial charge in [0.1, 0.15) is 13.3 Å². The fraction of sp³-hybridized carbons (Fsp3) is 0.632. The van der Waals surface area contributed by atoms with Crippen LogP contribution in [0, 0.1) is 13.8 Å². The van der Waals surface area contributed by atoms with Gasteiger partial charge in [-0.15, -0.1) is 4.31 Å². The summed E-state index contributed by atoms with van der Waals surface area (Å²) in [7, 11) is -4.21. The van der Waals surface area contributed by atoms with E-state index < -0.39 is 22.9 Å². The van der Waals surface area contributed by atoms with Crippen LogP contribution in [0.15, 0.2) is 18.2 Å². The number of unbranched alkanes of at least 4 members (excludes halogenated alkanes) is 1. The lowest BCUT2D eigenvalue weighted by Gasteiger charge is -2.22. The molecule has 1 atom stereocenters. The molecule has 0 saturated carbocycles. The number of carbonyl (C=O) groups excluding carboxylic acids is 1. The molecule has 0 heterocycles. The normalized spacial score (nSPS) is 12.2. The molecule has 0 aliphatic carbocycles. The number of benzene rings is 1. The molecule has 0 aliphatic rings. The Hall–Kier alpha value is -1.68. The second-order valence-electron chi connectivity index (χ2n) is 6.42. The largest absolute Gasteiger partial charge is 0.398 e. The minimum Gasteiger partial charge on any atom is -0.398 e. The zero-order valence-corrected chi connectivity index (χ0v) is 18.3. The molecular weight excluding hydrogens is 384 g/mol.